The van der Waals surface area contributed by atoms with E-state index >= 15 is 0 Å². The second-order valence-corrected chi connectivity index (χ2v) is 2.45. The fourth-order valence-electron chi connectivity index (χ4n) is 0.850. The highest BCUT2D eigenvalue weighted by atomic mass is 16.4. The Kier molecular flexibility index (Phi) is 2.74. The van der Waals surface area contributed by atoms with Crippen LogP contribution in [0.4, 0.5) is 0 Å². The smallest absolute Gasteiger partial charge is 0.356 e. The molecule has 0 radical (unpaired) electrons. The molecule has 0 aliphatic carbocycles. The lowest BCUT2D eigenvalue weighted by atomic mass is 10.2. The molecule has 4 heteroatoms. The van der Waals surface area contributed by atoms with Gasteiger partial charge in [-0.05, 0) is 6.42 Å². The van der Waals surface area contributed by atoms with Gasteiger partial charge in [-0.3, -0.25) is 4.98 Å². The van der Waals surface area contributed by atoms with Crippen LogP contribution in [-0.4, -0.2) is 21.0 Å². The van der Waals surface area contributed by atoms with Gasteiger partial charge >= 0.3 is 5.97 Å². The maximum absolute atomic E-state index is 10.4. The Morgan fingerprint density at radius 3 is 2.67 bits per heavy atom. The molecule has 0 spiro atoms. The molecule has 1 N–H and O–H groups in total. The summed E-state index contributed by atoms with van der Waals surface area (Å²) >= 11 is 0. The zero-order valence-corrected chi connectivity index (χ0v) is 6.82. The van der Waals surface area contributed by atoms with E-state index < -0.39 is 5.97 Å². The fraction of sp³-hybridized carbons (Fsp3) is 0.375. The van der Waals surface area contributed by atoms with Crippen LogP contribution < -0.4 is 0 Å². The Labute approximate surface area is 70.3 Å². The highest BCUT2D eigenvalue weighted by Gasteiger charge is 2.03. The molecule has 0 saturated heterocycles. The summed E-state index contributed by atoms with van der Waals surface area (Å²) in [5, 5.41) is 8.50. The van der Waals surface area contributed by atoms with Crippen LogP contribution in [-0.2, 0) is 6.42 Å². The lowest BCUT2D eigenvalue weighted by Gasteiger charge is -1.96. The lowest BCUT2D eigenvalue weighted by Crippen LogP contribution is -2.02. The highest BCUT2D eigenvalue weighted by Crippen LogP contribution is 1.98. The normalized spacial score (nSPS) is 9.75. The van der Waals surface area contributed by atoms with Gasteiger partial charge in [0.05, 0.1) is 11.9 Å². The third kappa shape index (κ3) is 2.02. The lowest BCUT2D eigenvalue weighted by molar-refractivity contribution is 0.0690. The van der Waals surface area contributed by atoms with E-state index in [2.05, 4.69) is 9.97 Å². The quantitative estimate of drug-likeness (QED) is 0.731. The zero-order valence-electron chi connectivity index (χ0n) is 6.82. The van der Waals surface area contributed by atoms with E-state index in [-0.39, 0.29) is 5.69 Å². The summed E-state index contributed by atoms with van der Waals surface area (Å²) in [6, 6.07) is 0. The topological polar surface area (TPSA) is 63.1 Å². The summed E-state index contributed by atoms with van der Waals surface area (Å²) in [6.07, 6.45) is 4.62. The molecule has 1 aromatic rings. The van der Waals surface area contributed by atoms with Crippen LogP contribution >= 0.6 is 0 Å². The van der Waals surface area contributed by atoms with Crippen LogP contribution in [0.5, 0.6) is 0 Å². The van der Waals surface area contributed by atoms with Gasteiger partial charge in [0.2, 0.25) is 0 Å². The molecule has 0 aromatic carbocycles. The van der Waals surface area contributed by atoms with E-state index in [4.69, 9.17) is 5.11 Å². The largest absolute Gasteiger partial charge is 0.476 e. The van der Waals surface area contributed by atoms with Gasteiger partial charge in [-0.25, -0.2) is 9.78 Å². The zero-order chi connectivity index (χ0) is 8.97. The highest BCUT2D eigenvalue weighted by molar-refractivity contribution is 5.84. The van der Waals surface area contributed by atoms with Crippen molar-refractivity contribution in [1.29, 1.82) is 0 Å². The van der Waals surface area contributed by atoms with Crippen molar-refractivity contribution >= 4 is 5.97 Å². The van der Waals surface area contributed by atoms with Crippen LogP contribution in [0.1, 0.15) is 29.5 Å². The number of carboxylic acid groups (broad SMARTS) is 1. The molecule has 0 fully saturated rings. The van der Waals surface area contributed by atoms with Gasteiger partial charge in [-0.2, -0.15) is 0 Å². The summed E-state index contributed by atoms with van der Waals surface area (Å²) in [4.78, 5) is 18.0. The van der Waals surface area contributed by atoms with Crippen LogP contribution in [0.2, 0.25) is 0 Å². The first-order chi connectivity index (χ1) is 5.74. The van der Waals surface area contributed by atoms with Crippen LogP contribution in [0.15, 0.2) is 12.4 Å². The van der Waals surface area contributed by atoms with Crippen molar-refractivity contribution in [2.45, 2.75) is 19.8 Å². The number of hydrogen-bond acceptors (Lipinski definition) is 3. The monoisotopic (exact) mass is 166 g/mol. The van der Waals surface area contributed by atoms with Crippen LogP contribution in [0, 0.1) is 0 Å². The first-order valence-electron chi connectivity index (χ1n) is 3.78. The van der Waals surface area contributed by atoms with Crippen LogP contribution in [0.3, 0.4) is 0 Å². The molecule has 1 rings (SSSR count). The summed E-state index contributed by atoms with van der Waals surface area (Å²) in [6.45, 7) is 2.03. The average molecular weight is 166 g/mol. The van der Waals surface area contributed by atoms with Gasteiger partial charge < -0.3 is 5.11 Å². The third-order valence-corrected chi connectivity index (χ3v) is 1.43. The minimum absolute atomic E-state index is 0.00477. The standard InChI is InChI=1S/C8H10N2O2/c1-2-3-6-4-10-7(5-9-6)8(11)12/h4-5H,2-3H2,1H3,(H,11,12). The minimum Gasteiger partial charge on any atom is -0.476 e. The maximum atomic E-state index is 10.4. The summed E-state index contributed by atoms with van der Waals surface area (Å²) in [5.41, 5.74) is 0.831. The number of aromatic nitrogens is 2. The molecule has 4 nitrogen and oxygen atoms in total. The molecule has 0 amide bonds. The van der Waals surface area contributed by atoms with Crippen LogP contribution in [0.25, 0.3) is 0 Å². The fourth-order valence-corrected chi connectivity index (χ4v) is 0.850. The first kappa shape index (κ1) is 8.64. The molecule has 0 aliphatic rings. The summed E-state index contributed by atoms with van der Waals surface area (Å²) < 4.78 is 0. The number of aryl methyl sites for hydroxylation is 1. The summed E-state index contributed by atoms with van der Waals surface area (Å²) in [5.74, 6) is -1.04. The second kappa shape index (κ2) is 3.80. The van der Waals surface area contributed by atoms with Gasteiger partial charge in [0.1, 0.15) is 0 Å². The van der Waals surface area contributed by atoms with Crippen molar-refractivity contribution in [3.63, 3.8) is 0 Å². The van der Waals surface area contributed by atoms with Crippen molar-refractivity contribution in [1.82, 2.24) is 9.97 Å². The molecular weight excluding hydrogens is 156 g/mol. The molecule has 0 unspecified atom stereocenters. The number of carbonyl (C=O) groups is 1. The SMILES string of the molecule is CCCc1cnc(C(=O)O)cn1. The third-order valence-electron chi connectivity index (χ3n) is 1.43. The van der Waals surface area contributed by atoms with Crippen molar-refractivity contribution in [3.05, 3.63) is 23.8 Å². The van der Waals surface area contributed by atoms with Gasteiger partial charge in [0.25, 0.3) is 0 Å². The Morgan fingerprint density at radius 2 is 2.25 bits per heavy atom. The van der Waals surface area contributed by atoms with E-state index in [1.54, 1.807) is 0 Å². The van der Waals surface area contributed by atoms with Gasteiger partial charge in [0, 0.05) is 6.20 Å². The Balaban J connectivity index is 2.78. The summed E-state index contributed by atoms with van der Waals surface area (Å²) in [7, 11) is 0. The van der Waals surface area contributed by atoms with Crippen molar-refractivity contribution < 1.29 is 9.90 Å². The molecule has 1 heterocycles. The van der Waals surface area contributed by atoms with Crippen molar-refractivity contribution in [2.75, 3.05) is 0 Å². The van der Waals surface area contributed by atoms with E-state index in [9.17, 15) is 4.79 Å². The number of hydrogen-bond donors (Lipinski definition) is 1. The molecular formula is C8H10N2O2. The van der Waals surface area contributed by atoms with Crippen molar-refractivity contribution in [3.8, 4) is 0 Å². The van der Waals surface area contributed by atoms with E-state index in [1.165, 1.54) is 12.4 Å². The molecule has 0 aliphatic heterocycles. The molecule has 0 atom stereocenters. The van der Waals surface area contributed by atoms with E-state index in [0.29, 0.717) is 0 Å². The number of rotatable bonds is 3. The van der Waals surface area contributed by atoms with Crippen molar-refractivity contribution in [2.24, 2.45) is 0 Å². The molecule has 0 saturated carbocycles. The molecule has 0 bridgehead atoms. The maximum Gasteiger partial charge on any atom is 0.356 e. The Morgan fingerprint density at radius 1 is 1.50 bits per heavy atom. The molecule has 1 aromatic heterocycles. The number of aromatic carboxylic acids is 1. The van der Waals surface area contributed by atoms with Gasteiger partial charge in [0.15, 0.2) is 5.69 Å². The van der Waals surface area contributed by atoms with Gasteiger partial charge in [-0.15, -0.1) is 0 Å². The number of nitrogens with zero attached hydrogens (tertiary/aromatic N) is 2. The molecule has 64 valence electrons. The number of carboxylic acids is 1. The predicted octanol–water partition coefficient (Wildman–Crippen LogP) is 1.13. The van der Waals surface area contributed by atoms with E-state index in [0.717, 1.165) is 18.5 Å². The van der Waals surface area contributed by atoms with Gasteiger partial charge in [-0.1, -0.05) is 13.3 Å². The Bertz CT molecular complexity index is 269. The Hall–Kier alpha value is -1.45. The second-order valence-electron chi connectivity index (χ2n) is 2.45. The molecule has 12 heavy (non-hydrogen) atoms. The predicted molar refractivity (Wildman–Crippen MR) is 43.0 cm³/mol. The average Bonchev–Trinajstić information content (AvgIpc) is 2.06. The minimum atomic E-state index is -1.04. The van der Waals surface area contributed by atoms with E-state index in [1.807, 2.05) is 6.92 Å². The first-order valence-corrected chi connectivity index (χ1v) is 3.78.